The lowest BCUT2D eigenvalue weighted by molar-refractivity contribution is 0.0688. The third-order valence-electron chi connectivity index (χ3n) is 2.53. The highest BCUT2D eigenvalue weighted by molar-refractivity contribution is 14.1. The fourth-order valence-corrected chi connectivity index (χ4v) is 2.36. The van der Waals surface area contributed by atoms with Gasteiger partial charge in [0.15, 0.2) is 5.69 Å². The van der Waals surface area contributed by atoms with Crippen LogP contribution in [-0.2, 0) is 6.42 Å². The zero-order valence-corrected chi connectivity index (χ0v) is 12.6. The summed E-state index contributed by atoms with van der Waals surface area (Å²) in [6, 6.07) is 5.39. The van der Waals surface area contributed by atoms with E-state index in [4.69, 9.17) is 21.8 Å². The normalized spacial score (nSPS) is 10.7. The Morgan fingerprint density at radius 3 is 2.84 bits per heavy atom. The average molecular weight is 393 g/mol. The van der Waals surface area contributed by atoms with Crippen molar-refractivity contribution in [2.24, 2.45) is 0 Å². The minimum Gasteiger partial charge on any atom is -0.476 e. The summed E-state index contributed by atoms with van der Waals surface area (Å²) in [4.78, 5) is 11.1. The first-order valence-electron chi connectivity index (χ1n) is 5.41. The quantitative estimate of drug-likeness (QED) is 0.784. The van der Waals surface area contributed by atoms with E-state index in [0.29, 0.717) is 16.3 Å². The summed E-state index contributed by atoms with van der Waals surface area (Å²) in [5.41, 5.74) is 1.02. The molecule has 7 heteroatoms. The molecule has 0 aliphatic carbocycles. The first-order chi connectivity index (χ1) is 9.02. The molecule has 0 unspecified atom stereocenters. The van der Waals surface area contributed by atoms with Crippen molar-refractivity contribution in [2.45, 2.75) is 6.42 Å². The summed E-state index contributed by atoms with van der Waals surface area (Å²) >= 11 is 8.23. The molecule has 0 aliphatic heterocycles. The predicted molar refractivity (Wildman–Crippen MR) is 79.0 cm³/mol. The lowest BCUT2D eigenvalue weighted by atomic mass is 10.2. The molecule has 5 nitrogen and oxygen atoms in total. The van der Waals surface area contributed by atoms with E-state index in [-0.39, 0.29) is 18.7 Å². The Hall–Kier alpha value is -1.12. The molecule has 2 aromatic rings. The van der Waals surface area contributed by atoms with E-state index in [1.54, 1.807) is 12.3 Å². The fraction of sp³-hybridized carbons (Fsp3) is 0.167. The highest BCUT2D eigenvalue weighted by Gasteiger charge is 2.17. The number of aromatic carboxylic acids is 1. The van der Waals surface area contributed by atoms with Crippen LogP contribution in [-0.4, -0.2) is 32.6 Å². The molecule has 1 heterocycles. The van der Waals surface area contributed by atoms with Gasteiger partial charge in [-0.1, -0.05) is 11.6 Å². The average Bonchev–Trinajstić information content (AvgIpc) is 2.77. The van der Waals surface area contributed by atoms with Gasteiger partial charge in [-0.25, -0.2) is 9.48 Å². The summed E-state index contributed by atoms with van der Waals surface area (Å²) < 4.78 is 2.40. The third kappa shape index (κ3) is 3.07. The number of nitrogens with zero attached hydrogens (tertiary/aromatic N) is 2. The number of rotatable bonds is 4. The van der Waals surface area contributed by atoms with Crippen LogP contribution in [0.25, 0.3) is 5.69 Å². The molecule has 1 aromatic heterocycles. The Kier molecular flexibility index (Phi) is 4.43. The number of hydrogen-bond donors (Lipinski definition) is 2. The lowest BCUT2D eigenvalue weighted by Gasteiger charge is -2.04. The molecule has 0 atom stereocenters. The number of aromatic nitrogens is 2. The topological polar surface area (TPSA) is 75.3 Å². The molecule has 1 aromatic carbocycles. The Labute approximate surface area is 128 Å². The number of carboxylic acid groups (broad SMARTS) is 1. The molecular weight excluding hydrogens is 383 g/mol. The maximum absolute atomic E-state index is 11.1. The molecule has 19 heavy (non-hydrogen) atoms. The van der Waals surface area contributed by atoms with Gasteiger partial charge in [0.1, 0.15) is 0 Å². The van der Waals surface area contributed by atoms with E-state index in [1.807, 2.05) is 12.1 Å². The summed E-state index contributed by atoms with van der Waals surface area (Å²) in [7, 11) is 0. The first kappa shape index (κ1) is 14.3. The minimum atomic E-state index is -1.12. The number of benzene rings is 1. The zero-order chi connectivity index (χ0) is 14.0. The second kappa shape index (κ2) is 5.89. The van der Waals surface area contributed by atoms with Crippen molar-refractivity contribution in [1.82, 2.24) is 9.78 Å². The van der Waals surface area contributed by atoms with Crippen molar-refractivity contribution in [1.29, 1.82) is 0 Å². The summed E-state index contributed by atoms with van der Waals surface area (Å²) in [6.45, 7) is -0.133. The van der Waals surface area contributed by atoms with Crippen molar-refractivity contribution < 1.29 is 15.0 Å². The van der Waals surface area contributed by atoms with Crippen LogP contribution in [0.3, 0.4) is 0 Å². The van der Waals surface area contributed by atoms with Crippen LogP contribution in [0, 0.1) is 3.57 Å². The van der Waals surface area contributed by atoms with Gasteiger partial charge in [0, 0.05) is 21.9 Å². The predicted octanol–water partition coefficient (Wildman–Crippen LogP) is 2.36. The Bertz CT molecular complexity index is 627. The van der Waals surface area contributed by atoms with Gasteiger partial charge in [-0.05, 0) is 47.2 Å². The molecule has 0 fully saturated rings. The summed E-state index contributed by atoms with van der Waals surface area (Å²) in [5, 5.41) is 22.5. The molecule has 0 spiro atoms. The van der Waals surface area contributed by atoms with Crippen molar-refractivity contribution in [2.75, 3.05) is 6.61 Å². The molecule has 0 radical (unpaired) electrons. The van der Waals surface area contributed by atoms with Crippen LogP contribution in [0.4, 0.5) is 0 Å². The van der Waals surface area contributed by atoms with Crippen LogP contribution in [0.5, 0.6) is 0 Å². The molecule has 0 aliphatic rings. The SMILES string of the molecule is O=C(O)c1nn(-c2cc(I)ccc2Cl)cc1CCO. The van der Waals surface area contributed by atoms with Gasteiger partial charge in [-0.2, -0.15) is 5.10 Å². The van der Waals surface area contributed by atoms with Crippen molar-refractivity contribution >= 4 is 40.2 Å². The summed E-state index contributed by atoms with van der Waals surface area (Å²) in [6.07, 6.45) is 1.82. The Morgan fingerprint density at radius 2 is 2.21 bits per heavy atom. The van der Waals surface area contributed by atoms with Crippen LogP contribution in [0.2, 0.25) is 5.02 Å². The molecule has 2 rings (SSSR count). The smallest absolute Gasteiger partial charge is 0.356 e. The highest BCUT2D eigenvalue weighted by atomic mass is 127. The van der Waals surface area contributed by atoms with Crippen LogP contribution >= 0.6 is 34.2 Å². The maximum Gasteiger partial charge on any atom is 0.356 e. The van der Waals surface area contributed by atoms with Crippen LogP contribution in [0.1, 0.15) is 16.1 Å². The second-order valence-corrected chi connectivity index (χ2v) is 5.47. The molecule has 0 bridgehead atoms. The van der Waals surface area contributed by atoms with E-state index >= 15 is 0 Å². The maximum atomic E-state index is 11.1. The molecule has 2 N–H and O–H groups in total. The van der Waals surface area contributed by atoms with E-state index in [9.17, 15) is 4.79 Å². The number of aliphatic hydroxyl groups is 1. The highest BCUT2D eigenvalue weighted by Crippen LogP contribution is 2.23. The van der Waals surface area contributed by atoms with Gasteiger partial charge in [-0.3, -0.25) is 0 Å². The van der Waals surface area contributed by atoms with Gasteiger partial charge in [0.05, 0.1) is 10.7 Å². The number of halogens is 2. The lowest BCUT2D eigenvalue weighted by Crippen LogP contribution is -2.04. The van der Waals surface area contributed by atoms with E-state index in [1.165, 1.54) is 4.68 Å². The second-order valence-electron chi connectivity index (χ2n) is 3.82. The number of aliphatic hydroxyl groups excluding tert-OH is 1. The molecule has 0 saturated heterocycles. The Balaban J connectivity index is 2.53. The number of carbonyl (C=O) groups is 1. The monoisotopic (exact) mass is 392 g/mol. The van der Waals surface area contributed by atoms with E-state index in [2.05, 4.69) is 27.7 Å². The zero-order valence-electron chi connectivity index (χ0n) is 9.68. The fourth-order valence-electron chi connectivity index (χ4n) is 1.68. The number of hydrogen-bond acceptors (Lipinski definition) is 3. The van der Waals surface area contributed by atoms with Crippen molar-refractivity contribution in [3.63, 3.8) is 0 Å². The number of carboxylic acids is 1. The van der Waals surface area contributed by atoms with Gasteiger partial charge >= 0.3 is 5.97 Å². The largest absolute Gasteiger partial charge is 0.476 e. The molecule has 0 saturated carbocycles. The van der Waals surface area contributed by atoms with Gasteiger partial charge in [0.2, 0.25) is 0 Å². The summed E-state index contributed by atoms with van der Waals surface area (Å²) in [5.74, 6) is -1.12. The molecular formula is C12H10ClIN2O3. The molecule has 0 amide bonds. The first-order valence-corrected chi connectivity index (χ1v) is 6.86. The molecule has 100 valence electrons. The standard InChI is InChI=1S/C12H10ClIN2O3/c13-9-2-1-8(14)5-10(9)16-6-7(3-4-17)11(15-16)12(18)19/h1-2,5-6,17H,3-4H2,(H,18,19). The Morgan fingerprint density at radius 1 is 1.47 bits per heavy atom. The van der Waals surface area contributed by atoms with Crippen molar-refractivity contribution in [3.05, 3.63) is 44.2 Å². The van der Waals surface area contributed by atoms with Gasteiger partial charge in [0.25, 0.3) is 0 Å². The van der Waals surface area contributed by atoms with E-state index < -0.39 is 5.97 Å². The van der Waals surface area contributed by atoms with Crippen LogP contribution < -0.4 is 0 Å². The van der Waals surface area contributed by atoms with Gasteiger partial charge in [-0.15, -0.1) is 0 Å². The third-order valence-corrected chi connectivity index (χ3v) is 3.52. The van der Waals surface area contributed by atoms with E-state index in [0.717, 1.165) is 3.57 Å². The van der Waals surface area contributed by atoms with Crippen molar-refractivity contribution in [3.8, 4) is 5.69 Å². The van der Waals surface area contributed by atoms with Gasteiger partial charge < -0.3 is 10.2 Å². The van der Waals surface area contributed by atoms with Crippen LogP contribution in [0.15, 0.2) is 24.4 Å². The minimum absolute atomic E-state index is 0.0658.